The number of benzene rings is 1. The predicted molar refractivity (Wildman–Crippen MR) is 78.9 cm³/mol. The van der Waals surface area contributed by atoms with Gasteiger partial charge in [0.15, 0.2) is 0 Å². The number of rotatable bonds is 4. The minimum absolute atomic E-state index is 0.256. The SMILES string of the molecule is Cc1cc(S(=O)(=O)N(C)c2ccncc2)ccc1CN. The Morgan fingerprint density at radius 1 is 1.20 bits per heavy atom. The highest BCUT2D eigenvalue weighted by molar-refractivity contribution is 7.92. The van der Waals surface area contributed by atoms with Gasteiger partial charge in [-0.2, -0.15) is 0 Å². The summed E-state index contributed by atoms with van der Waals surface area (Å²) in [5.74, 6) is 0. The molecule has 106 valence electrons. The van der Waals surface area contributed by atoms with E-state index in [2.05, 4.69) is 4.98 Å². The summed E-state index contributed by atoms with van der Waals surface area (Å²) in [5, 5.41) is 0. The van der Waals surface area contributed by atoms with Crippen molar-refractivity contribution in [2.75, 3.05) is 11.4 Å². The molecule has 0 radical (unpaired) electrons. The Kier molecular flexibility index (Phi) is 4.06. The van der Waals surface area contributed by atoms with E-state index in [4.69, 9.17) is 5.73 Å². The fourth-order valence-corrected chi connectivity index (χ4v) is 3.19. The number of aromatic nitrogens is 1. The lowest BCUT2D eigenvalue weighted by molar-refractivity contribution is 0.594. The zero-order valence-electron chi connectivity index (χ0n) is 11.4. The molecule has 5 nitrogen and oxygen atoms in total. The molecule has 0 saturated heterocycles. The Bertz CT molecular complexity index is 700. The summed E-state index contributed by atoms with van der Waals surface area (Å²) in [7, 11) is -2.05. The van der Waals surface area contributed by atoms with Crippen LogP contribution < -0.4 is 10.0 Å². The molecular formula is C14H17N3O2S. The molecular weight excluding hydrogens is 274 g/mol. The second-order valence-corrected chi connectivity index (χ2v) is 6.44. The molecule has 0 bridgehead atoms. The first-order valence-electron chi connectivity index (χ1n) is 6.15. The van der Waals surface area contributed by atoms with Crippen LogP contribution in [-0.4, -0.2) is 20.4 Å². The van der Waals surface area contributed by atoms with Gasteiger partial charge in [0.05, 0.1) is 10.6 Å². The first-order valence-corrected chi connectivity index (χ1v) is 7.59. The Morgan fingerprint density at radius 2 is 1.85 bits per heavy atom. The van der Waals surface area contributed by atoms with E-state index in [1.165, 1.54) is 11.4 Å². The van der Waals surface area contributed by atoms with Crippen molar-refractivity contribution in [3.63, 3.8) is 0 Å². The lowest BCUT2D eigenvalue weighted by Gasteiger charge is -2.19. The van der Waals surface area contributed by atoms with Gasteiger partial charge in [-0.15, -0.1) is 0 Å². The number of anilines is 1. The largest absolute Gasteiger partial charge is 0.326 e. The van der Waals surface area contributed by atoms with Crippen LogP contribution in [0.2, 0.25) is 0 Å². The fraction of sp³-hybridized carbons (Fsp3) is 0.214. The van der Waals surface area contributed by atoms with Crippen LogP contribution in [0, 0.1) is 6.92 Å². The highest BCUT2D eigenvalue weighted by atomic mass is 32.2. The molecule has 0 aliphatic carbocycles. The number of aryl methyl sites for hydroxylation is 1. The van der Waals surface area contributed by atoms with Gasteiger partial charge in [-0.3, -0.25) is 9.29 Å². The number of hydrogen-bond acceptors (Lipinski definition) is 4. The summed E-state index contributed by atoms with van der Waals surface area (Å²) in [4.78, 5) is 4.14. The van der Waals surface area contributed by atoms with E-state index in [0.717, 1.165) is 11.1 Å². The van der Waals surface area contributed by atoms with Crippen LogP contribution in [0.4, 0.5) is 5.69 Å². The standard InChI is InChI=1S/C14H17N3O2S/c1-11-9-14(4-3-12(11)10-15)20(18,19)17(2)13-5-7-16-8-6-13/h3-9H,10,15H2,1-2H3. The van der Waals surface area contributed by atoms with Crippen LogP contribution in [0.1, 0.15) is 11.1 Å². The number of hydrogen-bond donors (Lipinski definition) is 1. The quantitative estimate of drug-likeness (QED) is 0.929. The number of nitrogens with two attached hydrogens (primary N) is 1. The normalized spacial score (nSPS) is 11.3. The van der Waals surface area contributed by atoms with E-state index in [0.29, 0.717) is 12.2 Å². The molecule has 0 fully saturated rings. The molecule has 0 atom stereocenters. The van der Waals surface area contributed by atoms with Crippen LogP contribution in [-0.2, 0) is 16.6 Å². The van der Waals surface area contributed by atoms with Gasteiger partial charge in [0, 0.05) is 26.0 Å². The van der Waals surface area contributed by atoms with E-state index < -0.39 is 10.0 Å². The summed E-state index contributed by atoms with van der Waals surface area (Å²) in [5.41, 5.74) is 7.98. The summed E-state index contributed by atoms with van der Waals surface area (Å²) in [6.07, 6.45) is 3.12. The van der Waals surface area contributed by atoms with Gasteiger partial charge >= 0.3 is 0 Å². The molecule has 1 aromatic heterocycles. The predicted octanol–water partition coefficient (Wildman–Crippen LogP) is 1.67. The second kappa shape index (κ2) is 5.60. The Labute approximate surface area is 119 Å². The van der Waals surface area contributed by atoms with E-state index >= 15 is 0 Å². The van der Waals surface area contributed by atoms with Crippen molar-refractivity contribution in [1.82, 2.24) is 4.98 Å². The highest BCUT2D eigenvalue weighted by Gasteiger charge is 2.21. The molecule has 1 aromatic carbocycles. The first kappa shape index (κ1) is 14.5. The molecule has 0 aliphatic rings. The van der Waals surface area contributed by atoms with E-state index in [1.54, 1.807) is 42.7 Å². The number of pyridine rings is 1. The minimum atomic E-state index is -3.57. The van der Waals surface area contributed by atoms with E-state index in [-0.39, 0.29) is 4.90 Å². The zero-order valence-corrected chi connectivity index (χ0v) is 12.3. The maximum atomic E-state index is 12.6. The first-order chi connectivity index (χ1) is 9.46. The fourth-order valence-electron chi connectivity index (χ4n) is 1.91. The molecule has 2 N–H and O–H groups in total. The third-order valence-electron chi connectivity index (χ3n) is 3.22. The van der Waals surface area contributed by atoms with Gasteiger partial charge in [0.2, 0.25) is 0 Å². The maximum absolute atomic E-state index is 12.6. The monoisotopic (exact) mass is 291 g/mol. The van der Waals surface area contributed by atoms with Crippen LogP contribution >= 0.6 is 0 Å². The van der Waals surface area contributed by atoms with Gasteiger partial charge in [-0.25, -0.2) is 8.42 Å². The third-order valence-corrected chi connectivity index (χ3v) is 5.00. The molecule has 0 amide bonds. The van der Waals surface area contributed by atoms with Crippen molar-refractivity contribution in [3.8, 4) is 0 Å². The van der Waals surface area contributed by atoms with Gasteiger partial charge in [0.1, 0.15) is 0 Å². The van der Waals surface area contributed by atoms with Crippen molar-refractivity contribution >= 4 is 15.7 Å². The second-order valence-electron chi connectivity index (χ2n) is 4.47. The van der Waals surface area contributed by atoms with Crippen molar-refractivity contribution in [2.24, 2.45) is 5.73 Å². The van der Waals surface area contributed by atoms with Crippen molar-refractivity contribution in [3.05, 3.63) is 53.9 Å². The topological polar surface area (TPSA) is 76.3 Å². The van der Waals surface area contributed by atoms with Gasteiger partial charge in [-0.1, -0.05) is 6.07 Å². The lowest BCUT2D eigenvalue weighted by Crippen LogP contribution is -2.26. The van der Waals surface area contributed by atoms with Crippen molar-refractivity contribution < 1.29 is 8.42 Å². The Balaban J connectivity index is 2.43. The smallest absolute Gasteiger partial charge is 0.264 e. The molecule has 6 heteroatoms. The molecule has 0 aliphatic heterocycles. The number of nitrogens with zero attached hydrogens (tertiary/aromatic N) is 2. The maximum Gasteiger partial charge on any atom is 0.264 e. The molecule has 20 heavy (non-hydrogen) atoms. The van der Waals surface area contributed by atoms with Gasteiger partial charge in [0.25, 0.3) is 10.0 Å². The van der Waals surface area contributed by atoms with Crippen LogP contribution in [0.25, 0.3) is 0 Å². The molecule has 0 unspecified atom stereocenters. The number of sulfonamides is 1. The molecule has 0 spiro atoms. The molecule has 2 rings (SSSR count). The van der Waals surface area contributed by atoms with Gasteiger partial charge < -0.3 is 5.73 Å². The summed E-state index contributed by atoms with van der Waals surface area (Å²) < 4.78 is 26.4. The van der Waals surface area contributed by atoms with E-state index in [1.807, 2.05) is 6.92 Å². The zero-order chi connectivity index (χ0) is 14.8. The van der Waals surface area contributed by atoms with Crippen LogP contribution in [0.5, 0.6) is 0 Å². The molecule has 1 heterocycles. The van der Waals surface area contributed by atoms with E-state index in [9.17, 15) is 8.42 Å². The van der Waals surface area contributed by atoms with Crippen molar-refractivity contribution in [2.45, 2.75) is 18.4 Å². The average molecular weight is 291 g/mol. The highest BCUT2D eigenvalue weighted by Crippen LogP contribution is 2.22. The third kappa shape index (κ3) is 2.66. The van der Waals surface area contributed by atoms with Gasteiger partial charge in [-0.05, 0) is 42.3 Å². The summed E-state index contributed by atoms with van der Waals surface area (Å²) in [6, 6.07) is 8.29. The van der Waals surface area contributed by atoms with Crippen LogP contribution in [0.15, 0.2) is 47.6 Å². The van der Waals surface area contributed by atoms with Crippen molar-refractivity contribution in [1.29, 1.82) is 0 Å². The average Bonchev–Trinajstić information content (AvgIpc) is 2.47. The molecule has 0 saturated carbocycles. The van der Waals surface area contributed by atoms with Crippen LogP contribution in [0.3, 0.4) is 0 Å². The summed E-state index contributed by atoms with van der Waals surface area (Å²) in [6.45, 7) is 2.25. The Hall–Kier alpha value is -1.92. The minimum Gasteiger partial charge on any atom is -0.326 e. The lowest BCUT2D eigenvalue weighted by atomic mass is 10.1. The summed E-state index contributed by atoms with van der Waals surface area (Å²) >= 11 is 0. The Morgan fingerprint density at radius 3 is 2.40 bits per heavy atom. The molecule has 2 aromatic rings.